The molecule has 0 radical (unpaired) electrons. The molecule has 17 heavy (non-hydrogen) atoms. The fraction of sp³-hybridized carbons (Fsp3) is 0.571. The summed E-state index contributed by atoms with van der Waals surface area (Å²) in [6.07, 6.45) is 0. The summed E-state index contributed by atoms with van der Waals surface area (Å²) in [7, 11) is 0. The molecule has 2 rings (SSSR count). The van der Waals surface area contributed by atoms with Crippen molar-refractivity contribution in [3.05, 3.63) is 29.6 Å². The lowest BCUT2D eigenvalue weighted by atomic mass is 10.0. The standard InChI is InChI=1S/C14H21FN2/c1-13(2)12(14(13,3)4)17-8-9-5-6-10(16)7-11(9)15/h5-7,12,17H,8,16H2,1-4H3. The van der Waals surface area contributed by atoms with Crippen LogP contribution in [0, 0.1) is 16.6 Å². The summed E-state index contributed by atoms with van der Waals surface area (Å²) in [5, 5.41) is 3.43. The number of rotatable bonds is 3. The number of halogens is 1. The van der Waals surface area contributed by atoms with Crippen LogP contribution in [0.3, 0.4) is 0 Å². The zero-order valence-electron chi connectivity index (χ0n) is 11.0. The van der Waals surface area contributed by atoms with E-state index in [1.54, 1.807) is 12.1 Å². The monoisotopic (exact) mass is 236 g/mol. The van der Waals surface area contributed by atoms with Gasteiger partial charge < -0.3 is 11.1 Å². The van der Waals surface area contributed by atoms with Crippen LogP contribution >= 0.6 is 0 Å². The van der Waals surface area contributed by atoms with Crippen molar-refractivity contribution in [2.24, 2.45) is 10.8 Å². The average molecular weight is 236 g/mol. The van der Waals surface area contributed by atoms with E-state index in [-0.39, 0.29) is 16.6 Å². The zero-order valence-corrected chi connectivity index (χ0v) is 11.0. The van der Waals surface area contributed by atoms with Gasteiger partial charge in [-0.25, -0.2) is 4.39 Å². The highest BCUT2D eigenvalue weighted by Crippen LogP contribution is 2.62. The van der Waals surface area contributed by atoms with Gasteiger partial charge in [0.25, 0.3) is 0 Å². The smallest absolute Gasteiger partial charge is 0.129 e. The van der Waals surface area contributed by atoms with Gasteiger partial charge in [0, 0.05) is 23.8 Å². The van der Waals surface area contributed by atoms with Crippen molar-refractivity contribution in [3.63, 3.8) is 0 Å². The first-order valence-corrected chi connectivity index (χ1v) is 6.04. The van der Waals surface area contributed by atoms with Crippen molar-refractivity contribution >= 4 is 5.69 Å². The van der Waals surface area contributed by atoms with Gasteiger partial charge in [-0.05, 0) is 23.0 Å². The molecule has 0 spiro atoms. The first-order valence-electron chi connectivity index (χ1n) is 6.04. The van der Waals surface area contributed by atoms with Gasteiger partial charge in [0.15, 0.2) is 0 Å². The largest absolute Gasteiger partial charge is 0.399 e. The normalized spacial score (nSPS) is 21.5. The molecule has 0 saturated heterocycles. The van der Waals surface area contributed by atoms with Crippen LogP contribution in [0.5, 0.6) is 0 Å². The fourth-order valence-corrected chi connectivity index (χ4v) is 2.63. The van der Waals surface area contributed by atoms with Gasteiger partial charge in [-0.3, -0.25) is 0 Å². The SMILES string of the molecule is CC1(C)C(NCc2ccc(N)cc2F)C1(C)C. The Hall–Kier alpha value is -1.09. The predicted octanol–water partition coefficient (Wildman–Crippen LogP) is 2.93. The molecule has 1 fully saturated rings. The Morgan fingerprint density at radius 3 is 2.29 bits per heavy atom. The van der Waals surface area contributed by atoms with Crippen LogP contribution in [-0.2, 0) is 6.54 Å². The minimum atomic E-state index is -0.228. The highest BCUT2D eigenvalue weighted by atomic mass is 19.1. The van der Waals surface area contributed by atoms with Gasteiger partial charge >= 0.3 is 0 Å². The number of nitrogen functional groups attached to an aromatic ring is 1. The Bertz CT molecular complexity index is 424. The van der Waals surface area contributed by atoms with E-state index >= 15 is 0 Å². The summed E-state index contributed by atoms with van der Waals surface area (Å²) in [4.78, 5) is 0. The molecule has 3 heteroatoms. The molecule has 0 amide bonds. The van der Waals surface area contributed by atoms with Crippen LogP contribution in [0.25, 0.3) is 0 Å². The molecule has 1 aliphatic rings. The average Bonchev–Trinajstić information content (AvgIpc) is 2.58. The molecule has 1 aromatic rings. The first-order chi connectivity index (χ1) is 7.76. The molecule has 0 aliphatic heterocycles. The van der Waals surface area contributed by atoms with Gasteiger partial charge in [-0.1, -0.05) is 33.8 Å². The van der Waals surface area contributed by atoms with E-state index in [0.717, 1.165) is 0 Å². The number of hydrogen-bond donors (Lipinski definition) is 2. The summed E-state index contributed by atoms with van der Waals surface area (Å²) >= 11 is 0. The van der Waals surface area contributed by atoms with E-state index < -0.39 is 0 Å². The second kappa shape index (κ2) is 3.70. The van der Waals surface area contributed by atoms with Crippen molar-refractivity contribution in [2.75, 3.05) is 5.73 Å². The second-order valence-corrected chi connectivity index (χ2v) is 6.11. The van der Waals surface area contributed by atoms with Gasteiger partial charge in [0.2, 0.25) is 0 Å². The quantitative estimate of drug-likeness (QED) is 0.792. The van der Waals surface area contributed by atoms with Crippen LogP contribution in [-0.4, -0.2) is 6.04 Å². The lowest BCUT2D eigenvalue weighted by molar-refractivity contribution is 0.457. The molecule has 2 nitrogen and oxygen atoms in total. The third-order valence-corrected chi connectivity index (χ3v) is 4.59. The molecule has 0 atom stereocenters. The Morgan fingerprint density at radius 2 is 1.82 bits per heavy atom. The lowest BCUT2D eigenvalue weighted by Crippen LogP contribution is -2.22. The van der Waals surface area contributed by atoms with Crippen molar-refractivity contribution in [1.29, 1.82) is 0 Å². The molecule has 1 aliphatic carbocycles. The number of anilines is 1. The Balaban J connectivity index is 2.00. The van der Waals surface area contributed by atoms with E-state index in [0.29, 0.717) is 23.8 Å². The molecule has 0 bridgehead atoms. The van der Waals surface area contributed by atoms with E-state index in [1.807, 2.05) is 0 Å². The second-order valence-electron chi connectivity index (χ2n) is 6.11. The van der Waals surface area contributed by atoms with Gasteiger partial charge in [-0.2, -0.15) is 0 Å². The summed E-state index contributed by atoms with van der Waals surface area (Å²) in [5.74, 6) is -0.228. The molecular formula is C14H21FN2. The Labute approximate surface area is 102 Å². The van der Waals surface area contributed by atoms with Gasteiger partial charge in [0.05, 0.1) is 0 Å². The van der Waals surface area contributed by atoms with Crippen molar-refractivity contribution < 1.29 is 4.39 Å². The first kappa shape index (κ1) is 12.4. The number of nitrogens with two attached hydrogens (primary N) is 1. The van der Waals surface area contributed by atoms with Crippen LogP contribution in [0.2, 0.25) is 0 Å². The van der Waals surface area contributed by atoms with Crippen LogP contribution in [0.4, 0.5) is 10.1 Å². The van der Waals surface area contributed by atoms with Gasteiger partial charge in [0.1, 0.15) is 5.82 Å². The maximum atomic E-state index is 13.6. The maximum Gasteiger partial charge on any atom is 0.129 e. The minimum absolute atomic E-state index is 0.228. The van der Waals surface area contributed by atoms with Crippen LogP contribution in [0.15, 0.2) is 18.2 Å². The predicted molar refractivity (Wildman–Crippen MR) is 69.0 cm³/mol. The Kier molecular flexibility index (Phi) is 2.69. The summed E-state index contributed by atoms with van der Waals surface area (Å²) in [6, 6.07) is 5.30. The highest BCUT2D eigenvalue weighted by Gasteiger charge is 2.64. The molecule has 3 N–H and O–H groups in total. The Morgan fingerprint density at radius 1 is 1.24 bits per heavy atom. The zero-order chi connectivity index (χ0) is 12.8. The molecule has 0 heterocycles. The fourth-order valence-electron chi connectivity index (χ4n) is 2.63. The van der Waals surface area contributed by atoms with E-state index in [2.05, 4.69) is 33.0 Å². The molecule has 94 valence electrons. The number of nitrogens with one attached hydrogen (secondary N) is 1. The molecule has 0 aromatic heterocycles. The molecular weight excluding hydrogens is 215 g/mol. The molecule has 1 aromatic carbocycles. The summed E-state index contributed by atoms with van der Waals surface area (Å²) in [6.45, 7) is 9.52. The van der Waals surface area contributed by atoms with Gasteiger partial charge in [-0.15, -0.1) is 0 Å². The maximum absolute atomic E-state index is 13.6. The lowest BCUT2D eigenvalue weighted by Gasteiger charge is -2.08. The summed E-state index contributed by atoms with van der Waals surface area (Å²) < 4.78 is 13.6. The molecule has 1 saturated carbocycles. The topological polar surface area (TPSA) is 38.0 Å². The van der Waals surface area contributed by atoms with E-state index in [1.165, 1.54) is 6.07 Å². The number of benzene rings is 1. The number of hydrogen-bond acceptors (Lipinski definition) is 2. The van der Waals surface area contributed by atoms with Crippen LogP contribution in [0.1, 0.15) is 33.3 Å². The van der Waals surface area contributed by atoms with E-state index in [4.69, 9.17) is 5.73 Å². The van der Waals surface area contributed by atoms with Crippen molar-refractivity contribution in [1.82, 2.24) is 5.32 Å². The third kappa shape index (κ3) is 1.93. The van der Waals surface area contributed by atoms with Crippen molar-refractivity contribution in [3.8, 4) is 0 Å². The highest BCUT2D eigenvalue weighted by molar-refractivity contribution is 5.40. The van der Waals surface area contributed by atoms with Crippen LogP contribution < -0.4 is 11.1 Å². The minimum Gasteiger partial charge on any atom is -0.399 e. The summed E-state index contributed by atoms with van der Waals surface area (Å²) in [5.41, 5.74) is 7.22. The third-order valence-electron chi connectivity index (χ3n) is 4.59. The van der Waals surface area contributed by atoms with E-state index in [9.17, 15) is 4.39 Å². The molecule has 0 unspecified atom stereocenters. The van der Waals surface area contributed by atoms with Crippen molar-refractivity contribution in [2.45, 2.75) is 40.3 Å².